The highest BCUT2D eigenvalue weighted by atomic mass is 16.5. The summed E-state index contributed by atoms with van der Waals surface area (Å²) in [6, 6.07) is 6.41. The molecule has 0 aliphatic heterocycles. The lowest BCUT2D eigenvalue weighted by Gasteiger charge is -2.07. The summed E-state index contributed by atoms with van der Waals surface area (Å²) >= 11 is 0. The fraction of sp³-hybridized carbons (Fsp3) is 0.667. The van der Waals surface area contributed by atoms with Gasteiger partial charge in [-0.1, -0.05) is 77.6 Å². The minimum Gasteiger partial charge on any atom is -0.545 e. The van der Waals surface area contributed by atoms with E-state index in [-0.39, 0.29) is 5.56 Å². The number of unbranched alkanes of at least 4 members (excludes halogenated alkanes) is 11. The Bertz CT molecular complexity index is 425. The Balaban J connectivity index is 1.87. The van der Waals surface area contributed by atoms with E-state index in [1.165, 1.54) is 82.8 Å². The Kier molecular flexibility index (Phi) is 11.9. The van der Waals surface area contributed by atoms with E-state index in [1.54, 1.807) is 12.1 Å². The molecular formula is C21H33O3-. The number of rotatable bonds is 15. The topological polar surface area (TPSA) is 49.4 Å². The quantitative estimate of drug-likeness (QED) is 0.418. The van der Waals surface area contributed by atoms with Crippen LogP contribution in [-0.2, 0) is 0 Å². The summed E-state index contributed by atoms with van der Waals surface area (Å²) in [5.41, 5.74) is 0.188. The van der Waals surface area contributed by atoms with Crippen molar-refractivity contribution in [1.29, 1.82) is 0 Å². The summed E-state index contributed by atoms with van der Waals surface area (Å²) < 4.78 is 5.62. The van der Waals surface area contributed by atoms with Crippen LogP contribution in [0.2, 0.25) is 0 Å². The van der Waals surface area contributed by atoms with Crippen LogP contribution in [0.5, 0.6) is 5.75 Å². The first-order chi connectivity index (χ1) is 11.7. The predicted molar refractivity (Wildman–Crippen MR) is 97.3 cm³/mol. The lowest BCUT2D eigenvalue weighted by atomic mass is 10.1. The molecular weight excluding hydrogens is 300 g/mol. The van der Waals surface area contributed by atoms with Gasteiger partial charge in [0.1, 0.15) is 5.75 Å². The molecule has 0 amide bonds. The Morgan fingerprint density at radius 1 is 0.792 bits per heavy atom. The van der Waals surface area contributed by atoms with Gasteiger partial charge in [-0.05, 0) is 36.2 Å². The summed E-state index contributed by atoms with van der Waals surface area (Å²) in [5.74, 6) is -0.425. The average Bonchev–Trinajstić information content (AvgIpc) is 2.59. The molecule has 1 rings (SSSR count). The molecule has 1 aromatic carbocycles. The molecule has 0 aromatic heterocycles. The molecule has 24 heavy (non-hydrogen) atoms. The molecule has 0 heterocycles. The molecule has 3 nitrogen and oxygen atoms in total. The van der Waals surface area contributed by atoms with Gasteiger partial charge in [0.2, 0.25) is 0 Å². The Morgan fingerprint density at radius 2 is 1.25 bits per heavy atom. The zero-order valence-corrected chi connectivity index (χ0v) is 15.2. The minimum atomic E-state index is -1.15. The maximum Gasteiger partial charge on any atom is 0.119 e. The van der Waals surface area contributed by atoms with Crippen LogP contribution in [0.3, 0.4) is 0 Å². The number of aromatic carboxylic acids is 1. The average molecular weight is 333 g/mol. The van der Waals surface area contributed by atoms with Crippen molar-refractivity contribution in [3.05, 3.63) is 29.8 Å². The number of benzene rings is 1. The first-order valence-electron chi connectivity index (χ1n) is 9.68. The van der Waals surface area contributed by atoms with E-state index in [2.05, 4.69) is 6.92 Å². The largest absolute Gasteiger partial charge is 0.545 e. The molecule has 0 radical (unpaired) electrons. The monoisotopic (exact) mass is 333 g/mol. The molecule has 0 bridgehead atoms. The van der Waals surface area contributed by atoms with Gasteiger partial charge in [-0.15, -0.1) is 0 Å². The number of carbonyl (C=O) groups is 1. The van der Waals surface area contributed by atoms with Crippen molar-refractivity contribution in [3.63, 3.8) is 0 Å². The van der Waals surface area contributed by atoms with Crippen LogP contribution in [0.1, 0.15) is 94.3 Å². The third-order valence-corrected chi connectivity index (χ3v) is 4.36. The molecule has 136 valence electrons. The van der Waals surface area contributed by atoms with Gasteiger partial charge in [0.25, 0.3) is 0 Å². The molecule has 0 aliphatic carbocycles. The zero-order valence-electron chi connectivity index (χ0n) is 15.2. The normalized spacial score (nSPS) is 10.7. The van der Waals surface area contributed by atoms with Crippen molar-refractivity contribution in [1.82, 2.24) is 0 Å². The molecule has 0 unspecified atom stereocenters. The summed E-state index contributed by atoms with van der Waals surface area (Å²) in [6.45, 7) is 2.96. The number of carbonyl (C=O) groups excluding carboxylic acids is 1. The number of ether oxygens (including phenoxy) is 1. The second-order valence-corrected chi connectivity index (χ2v) is 6.55. The highest BCUT2D eigenvalue weighted by Crippen LogP contribution is 2.14. The van der Waals surface area contributed by atoms with E-state index in [0.717, 1.165) is 12.2 Å². The minimum absolute atomic E-state index is 0.188. The van der Waals surface area contributed by atoms with Crippen molar-refractivity contribution in [2.75, 3.05) is 6.61 Å². The highest BCUT2D eigenvalue weighted by molar-refractivity contribution is 5.85. The Hall–Kier alpha value is -1.51. The molecule has 0 saturated carbocycles. The predicted octanol–water partition coefficient (Wildman–Crippen LogP) is 5.13. The molecule has 1 aromatic rings. The van der Waals surface area contributed by atoms with Crippen LogP contribution in [0.15, 0.2) is 24.3 Å². The first-order valence-corrected chi connectivity index (χ1v) is 9.68. The van der Waals surface area contributed by atoms with Gasteiger partial charge < -0.3 is 14.6 Å². The van der Waals surface area contributed by atoms with Crippen LogP contribution < -0.4 is 9.84 Å². The van der Waals surface area contributed by atoms with E-state index in [4.69, 9.17) is 4.74 Å². The molecule has 0 atom stereocenters. The Morgan fingerprint density at radius 3 is 1.71 bits per heavy atom. The number of hydrogen-bond donors (Lipinski definition) is 0. The third-order valence-electron chi connectivity index (χ3n) is 4.36. The van der Waals surface area contributed by atoms with Gasteiger partial charge in [-0.2, -0.15) is 0 Å². The van der Waals surface area contributed by atoms with Gasteiger partial charge in [-0.25, -0.2) is 0 Å². The fourth-order valence-electron chi connectivity index (χ4n) is 2.82. The summed E-state index contributed by atoms with van der Waals surface area (Å²) in [4.78, 5) is 10.6. The van der Waals surface area contributed by atoms with E-state index in [9.17, 15) is 9.90 Å². The van der Waals surface area contributed by atoms with Crippen LogP contribution in [0.25, 0.3) is 0 Å². The molecule has 0 fully saturated rings. The van der Waals surface area contributed by atoms with Crippen molar-refractivity contribution in [2.24, 2.45) is 0 Å². The van der Waals surface area contributed by atoms with Crippen LogP contribution >= 0.6 is 0 Å². The van der Waals surface area contributed by atoms with Gasteiger partial charge in [-0.3, -0.25) is 0 Å². The maximum absolute atomic E-state index is 10.6. The number of hydrogen-bond acceptors (Lipinski definition) is 3. The molecule has 0 spiro atoms. The highest BCUT2D eigenvalue weighted by Gasteiger charge is 1.97. The third kappa shape index (κ3) is 10.3. The van der Waals surface area contributed by atoms with Crippen molar-refractivity contribution in [2.45, 2.75) is 84.0 Å². The van der Waals surface area contributed by atoms with Crippen LogP contribution in [0, 0.1) is 0 Å². The van der Waals surface area contributed by atoms with E-state index in [0.29, 0.717) is 6.61 Å². The molecule has 3 heteroatoms. The Labute approximate surface area is 147 Å². The lowest BCUT2D eigenvalue weighted by Crippen LogP contribution is -2.21. The summed E-state index contributed by atoms with van der Waals surface area (Å²) in [5, 5.41) is 10.6. The van der Waals surface area contributed by atoms with Crippen molar-refractivity contribution < 1.29 is 14.6 Å². The van der Waals surface area contributed by atoms with E-state index in [1.807, 2.05) is 0 Å². The van der Waals surface area contributed by atoms with Gasteiger partial charge in [0.15, 0.2) is 0 Å². The van der Waals surface area contributed by atoms with Crippen LogP contribution in [-0.4, -0.2) is 12.6 Å². The van der Waals surface area contributed by atoms with Crippen molar-refractivity contribution >= 4 is 5.97 Å². The second kappa shape index (κ2) is 13.9. The van der Waals surface area contributed by atoms with Crippen LogP contribution in [0.4, 0.5) is 0 Å². The molecule has 0 saturated heterocycles. The van der Waals surface area contributed by atoms with Gasteiger partial charge in [0.05, 0.1) is 12.6 Å². The van der Waals surface area contributed by atoms with E-state index < -0.39 is 5.97 Å². The lowest BCUT2D eigenvalue weighted by molar-refractivity contribution is -0.255. The second-order valence-electron chi connectivity index (χ2n) is 6.55. The van der Waals surface area contributed by atoms with Gasteiger partial charge in [0, 0.05) is 0 Å². The first kappa shape index (κ1) is 20.5. The van der Waals surface area contributed by atoms with Crippen molar-refractivity contribution in [3.8, 4) is 5.75 Å². The fourth-order valence-corrected chi connectivity index (χ4v) is 2.82. The van der Waals surface area contributed by atoms with E-state index >= 15 is 0 Å². The molecule has 0 aliphatic rings. The zero-order chi connectivity index (χ0) is 17.5. The number of carboxylic acids is 1. The van der Waals surface area contributed by atoms with Gasteiger partial charge >= 0.3 is 0 Å². The standard InChI is InChI=1S/C21H34O3/c1-2-3-4-5-6-7-8-9-10-11-12-13-18-24-20-16-14-19(15-17-20)21(22)23/h14-17H,2-13,18H2,1H3,(H,22,23)/p-1. The SMILES string of the molecule is CCCCCCCCCCCCCCOc1ccc(C(=O)[O-])cc1. The maximum atomic E-state index is 10.6. The summed E-state index contributed by atoms with van der Waals surface area (Å²) in [6.07, 6.45) is 16.0. The summed E-state index contributed by atoms with van der Waals surface area (Å²) in [7, 11) is 0. The number of carboxylic acid groups (broad SMARTS) is 1. The smallest absolute Gasteiger partial charge is 0.119 e. The molecule has 0 N–H and O–H groups in total.